The maximum atomic E-state index is 5.54. The van der Waals surface area contributed by atoms with Crippen LogP contribution in [-0.4, -0.2) is 56.8 Å². The molecule has 0 radical (unpaired) electrons. The first-order valence-corrected chi connectivity index (χ1v) is 11.4. The average molecular weight is 550 g/mol. The van der Waals surface area contributed by atoms with Gasteiger partial charge < -0.3 is 25.2 Å². The van der Waals surface area contributed by atoms with Crippen LogP contribution in [0.4, 0.5) is 11.5 Å². The summed E-state index contributed by atoms with van der Waals surface area (Å²) in [6.45, 7) is 7.72. The first-order chi connectivity index (χ1) is 15.3. The van der Waals surface area contributed by atoms with E-state index in [4.69, 9.17) is 9.73 Å². The molecule has 8 heteroatoms. The standard InChI is InChI=1S/C24H34N6O.HI/c1-3-25-24(27-17-19-10-12-26-23(16-19)29-13-6-7-14-29)28-20-11-15-30(18-20)21-8-4-5-9-22(21)31-2;/h4-5,8-10,12,16,20H,3,6-7,11,13-15,17-18H2,1-2H3,(H2,25,27,28);1H. The monoisotopic (exact) mass is 550 g/mol. The minimum atomic E-state index is 0. The van der Waals surface area contributed by atoms with Crippen LogP contribution in [0.3, 0.4) is 0 Å². The lowest BCUT2D eigenvalue weighted by atomic mass is 10.2. The number of pyridine rings is 1. The number of hydrogen-bond acceptors (Lipinski definition) is 5. The first-order valence-electron chi connectivity index (χ1n) is 11.4. The Hall–Kier alpha value is -2.23. The highest BCUT2D eigenvalue weighted by Crippen LogP contribution is 2.30. The van der Waals surface area contributed by atoms with Crippen LogP contribution >= 0.6 is 24.0 Å². The highest BCUT2D eigenvalue weighted by atomic mass is 127. The van der Waals surface area contributed by atoms with Crippen molar-refractivity contribution in [2.75, 3.05) is 49.6 Å². The number of nitrogens with one attached hydrogen (secondary N) is 2. The summed E-state index contributed by atoms with van der Waals surface area (Å²) in [5, 5.41) is 7.02. The second kappa shape index (κ2) is 12.1. The van der Waals surface area contributed by atoms with Crippen molar-refractivity contribution < 1.29 is 4.74 Å². The van der Waals surface area contributed by atoms with Crippen LogP contribution in [0.5, 0.6) is 5.75 Å². The summed E-state index contributed by atoms with van der Waals surface area (Å²) in [6, 6.07) is 12.8. The van der Waals surface area contributed by atoms with Gasteiger partial charge >= 0.3 is 0 Å². The van der Waals surface area contributed by atoms with Crippen LogP contribution < -0.4 is 25.2 Å². The molecule has 2 N–H and O–H groups in total. The SMILES string of the molecule is CCNC(=NCc1ccnc(N2CCCC2)c1)NC1CCN(c2ccccc2OC)C1.I. The number of hydrogen-bond donors (Lipinski definition) is 2. The Bertz CT molecular complexity index is 886. The molecule has 0 saturated carbocycles. The zero-order chi connectivity index (χ0) is 21.5. The molecule has 0 aliphatic carbocycles. The maximum Gasteiger partial charge on any atom is 0.191 e. The van der Waals surface area contributed by atoms with E-state index < -0.39 is 0 Å². The molecule has 32 heavy (non-hydrogen) atoms. The van der Waals surface area contributed by atoms with Gasteiger partial charge in [-0.25, -0.2) is 9.98 Å². The van der Waals surface area contributed by atoms with Crippen molar-refractivity contribution in [3.63, 3.8) is 0 Å². The number of aromatic nitrogens is 1. The van der Waals surface area contributed by atoms with Gasteiger partial charge in [-0.1, -0.05) is 12.1 Å². The van der Waals surface area contributed by atoms with Gasteiger partial charge in [0.2, 0.25) is 0 Å². The zero-order valence-corrected chi connectivity index (χ0v) is 21.4. The van der Waals surface area contributed by atoms with Gasteiger partial charge in [0.15, 0.2) is 5.96 Å². The van der Waals surface area contributed by atoms with Crippen molar-refractivity contribution in [1.82, 2.24) is 15.6 Å². The smallest absolute Gasteiger partial charge is 0.191 e. The number of rotatable bonds is 7. The Morgan fingerprint density at radius 1 is 1.16 bits per heavy atom. The van der Waals surface area contributed by atoms with Crippen LogP contribution in [-0.2, 0) is 6.54 Å². The van der Waals surface area contributed by atoms with E-state index in [1.807, 2.05) is 18.3 Å². The zero-order valence-electron chi connectivity index (χ0n) is 19.1. The third kappa shape index (κ3) is 6.17. The molecule has 2 aromatic rings. The van der Waals surface area contributed by atoms with Crippen molar-refractivity contribution in [2.45, 2.75) is 38.8 Å². The van der Waals surface area contributed by atoms with E-state index in [1.165, 1.54) is 18.4 Å². The Kier molecular flexibility index (Phi) is 9.25. The summed E-state index contributed by atoms with van der Waals surface area (Å²) in [6.07, 6.45) is 5.48. The molecule has 0 spiro atoms. The van der Waals surface area contributed by atoms with Crippen molar-refractivity contribution in [3.05, 3.63) is 48.2 Å². The number of aliphatic imine (C=N–C) groups is 1. The van der Waals surface area contributed by atoms with Crippen molar-refractivity contribution in [1.29, 1.82) is 0 Å². The van der Waals surface area contributed by atoms with Crippen LogP contribution in [0.2, 0.25) is 0 Å². The highest BCUT2D eigenvalue weighted by Gasteiger charge is 2.25. The van der Waals surface area contributed by atoms with Gasteiger partial charge in [-0.05, 0) is 56.0 Å². The van der Waals surface area contributed by atoms with Crippen LogP contribution in [0.1, 0.15) is 31.7 Å². The van der Waals surface area contributed by atoms with E-state index in [1.54, 1.807) is 7.11 Å². The predicted molar refractivity (Wildman–Crippen MR) is 143 cm³/mol. The third-order valence-corrected chi connectivity index (χ3v) is 5.96. The number of methoxy groups -OCH3 is 1. The summed E-state index contributed by atoms with van der Waals surface area (Å²) in [5.41, 5.74) is 2.35. The minimum Gasteiger partial charge on any atom is -0.495 e. The molecule has 0 bridgehead atoms. The lowest BCUT2D eigenvalue weighted by molar-refractivity contribution is 0.415. The Labute approximate surface area is 208 Å². The molecule has 3 heterocycles. The van der Waals surface area contributed by atoms with Crippen LogP contribution in [0, 0.1) is 0 Å². The second-order valence-corrected chi connectivity index (χ2v) is 8.16. The van der Waals surface area contributed by atoms with Crippen LogP contribution in [0.15, 0.2) is 47.6 Å². The molecule has 2 fully saturated rings. The van der Waals surface area contributed by atoms with Gasteiger partial charge in [-0.2, -0.15) is 0 Å². The summed E-state index contributed by atoms with van der Waals surface area (Å²) in [7, 11) is 1.73. The van der Waals surface area contributed by atoms with Gasteiger partial charge in [0, 0.05) is 45.0 Å². The number of anilines is 2. The number of ether oxygens (including phenoxy) is 1. The third-order valence-electron chi connectivity index (χ3n) is 5.96. The van der Waals surface area contributed by atoms with Crippen LogP contribution in [0.25, 0.3) is 0 Å². The lowest BCUT2D eigenvalue weighted by Gasteiger charge is -2.22. The molecule has 4 rings (SSSR count). The summed E-state index contributed by atoms with van der Waals surface area (Å²) < 4.78 is 5.54. The summed E-state index contributed by atoms with van der Waals surface area (Å²) >= 11 is 0. The normalized spacial score (nSPS) is 18.4. The molecule has 1 unspecified atom stereocenters. The molecular weight excluding hydrogens is 515 g/mol. The van der Waals surface area contributed by atoms with E-state index >= 15 is 0 Å². The number of halogens is 1. The largest absolute Gasteiger partial charge is 0.495 e. The van der Waals surface area contributed by atoms with Crippen molar-refractivity contribution in [3.8, 4) is 5.75 Å². The Morgan fingerprint density at radius 2 is 1.97 bits per heavy atom. The second-order valence-electron chi connectivity index (χ2n) is 8.16. The van der Waals surface area contributed by atoms with Gasteiger partial charge in [-0.3, -0.25) is 0 Å². The molecule has 1 aromatic carbocycles. The molecule has 7 nitrogen and oxygen atoms in total. The van der Waals surface area contributed by atoms with Crippen molar-refractivity contribution >= 4 is 41.4 Å². The summed E-state index contributed by atoms with van der Waals surface area (Å²) in [4.78, 5) is 14.1. The molecule has 1 atom stereocenters. The number of nitrogens with zero attached hydrogens (tertiary/aromatic N) is 4. The van der Waals surface area contributed by atoms with Gasteiger partial charge in [0.1, 0.15) is 11.6 Å². The molecule has 0 amide bonds. The van der Waals surface area contributed by atoms with Gasteiger partial charge in [-0.15, -0.1) is 24.0 Å². The first kappa shape index (κ1) is 24.4. The van der Waals surface area contributed by atoms with E-state index in [2.05, 4.69) is 56.6 Å². The predicted octanol–water partition coefficient (Wildman–Crippen LogP) is 3.64. The van der Waals surface area contributed by atoms with E-state index in [-0.39, 0.29) is 24.0 Å². The van der Waals surface area contributed by atoms with E-state index in [0.717, 1.165) is 62.4 Å². The van der Waals surface area contributed by atoms with E-state index in [9.17, 15) is 0 Å². The molecule has 2 saturated heterocycles. The highest BCUT2D eigenvalue weighted by molar-refractivity contribution is 14.0. The molecule has 1 aromatic heterocycles. The van der Waals surface area contributed by atoms with Gasteiger partial charge in [0.25, 0.3) is 0 Å². The van der Waals surface area contributed by atoms with Crippen molar-refractivity contribution in [2.24, 2.45) is 4.99 Å². The molecule has 2 aliphatic rings. The maximum absolute atomic E-state index is 5.54. The lowest BCUT2D eigenvalue weighted by Crippen LogP contribution is -2.44. The fourth-order valence-corrected chi connectivity index (χ4v) is 4.35. The Morgan fingerprint density at radius 3 is 2.75 bits per heavy atom. The molecular formula is C24H35IN6O. The van der Waals surface area contributed by atoms with E-state index in [0.29, 0.717) is 12.6 Å². The fraction of sp³-hybridized carbons (Fsp3) is 0.500. The molecule has 174 valence electrons. The fourth-order valence-electron chi connectivity index (χ4n) is 4.35. The summed E-state index contributed by atoms with van der Waals surface area (Å²) in [5.74, 6) is 2.87. The van der Waals surface area contributed by atoms with Gasteiger partial charge in [0.05, 0.1) is 19.3 Å². The Balaban J connectivity index is 0.00000289. The minimum absolute atomic E-state index is 0. The number of guanidine groups is 1. The topological polar surface area (TPSA) is 65.0 Å². The average Bonchev–Trinajstić information content (AvgIpc) is 3.50. The number of para-hydroxylation sites is 2. The molecule has 2 aliphatic heterocycles. The number of benzene rings is 1. The quantitative estimate of drug-likeness (QED) is 0.312.